The first-order valence-electron chi connectivity index (χ1n) is 6.68. The van der Waals surface area contributed by atoms with Crippen molar-refractivity contribution in [2.45, 2.75) is 33.2 Å². The van der Waals surface area contributed by atoms with E-state index in [2.05, 4.69) is 37.6 Å². The molecule has 1 unspecified atom stereocenters. The molecule has 2 nitrogen and oxygen atoms in total. The van der Waals surface area contributed by atoms with Crippen LogP contribution in [-0.2, 0) is 0 Å². The summed E-state index contributed by atoms with van der Waals surface area (Å²) in [5.41, 5.74) is 0.358. The molecule has 1 heterocycles. The normalized spacial score (nSPS) is 23.4. The van der Waals surface area contributed by atoms with Crippen LogP contribution in [0.5, 0.6) is 0 Å². The fourth-order valence-electron chi connectivity index (χ4n) is 2.14. The van der Waals surface area contributed by atoms with Crippen molar-refractivity contribution in [3.63, 3.8) is 0 Å². The lowest BCUT2D eigenvalue weighted by molar-refractivity contribution is 0.204. The maximum Gasteiger partial charge on any atom is 0.0243 e. The number of rotatable bonds is 5. The van der Waals surface area contributed by atoms with Gasteiger partial charge in [-0.05, 0) is 24.9 Å². The summed E-state index contributed by atoms with van der Waals surface area (Å²) < 4.78 is 0. The van der Waals surface area contributed by atoms with Crippen LogP contribution in [0.2, 0.25) is 0 Å². The molecule has 1 aliphatic rings. The summed E-state index contributed by atoms with van der Waals surface area (Å²) in [5.74, 6) is 2.30. The molecule has 0 spiro atoms. The molecule has 1 rings (SSSR count). The van der Waals surface area contributed by atoms with Gasteiger partial charge in [0.15, 0.2) is 0 Å². The Morgan fingerprint density at radius 3 is 2.88 bits per heavy atom. The summed E-state index contributed by atoms with van der Waals surface area (Å²) in [6.45, 7) is 15.6. The van der Waals surface area contributed by atoms with Gasteiger partial charge in [0.25, 0.3) is 0 Å². The van der Waals surface area contributed by atoms with Crippen LogP contribution in [-0.4, -0.2) is 48.6 Å². The molecule has 0 bridgehead atoms. The number of nitrogens with one attached hydrogen (secondary N) is 1. The van der Waals surface area contributed by atoms with Gasteiger partial charge in [0, 0.05) is 30.6 Å². The molecule has 0 radical (unpaired) electrons. The van der Waals surface area contributed by atoms with Crippen molar-refractivity contribution in [1.82, 2.24) is 10.2 Å². The van der Waals surface area contributed by atoms with Crippen LogP contribution in [0.25, 0.3) is 0 Å². The fraction of sp³-hybridized carbons (Fsp3) is 0.857. The first-order chi connectivity index (χ1) is 8.04. The van der Waals surface area contributed by atoms with Crippen LogP contribution >= 0.6 is 11.8 Å². The molecule has 17 heavy (non-hydrogen) atoms. The molecule has 1 atom stereocenters. The lowest BCUT2D eigenvalue weighted by Crippen LogP contribution is -2.46. The topological polar surface area (TPSA) is 15.3 Å². The largest absolute Gasteiger partial charge is 0.312 e. The number of hydrogen-bond donors (Lipinski definition) is 1. The van der Waals surface area contributed by atoms with Crippen molar-refractivity contribution in [2.75, 3.05) is 37.7 Å². The van der Waals surface area contributed by atoms with E-state index in [0.29, 0.717) is 11.5 Å². The van der Waals surface area contributed by atoms with Crippen LogP contribution in [0, 0.1) is 5.41 Å². The molecule has 0 aliphatic carbocycles. The van der Waals surface area contributed by atoms with Crippen molar-refractivity contribution in [3.05, 3.63) is 12.7 Å². The highest BCUT2D eigenvalue weighted by atomic mass is 32.2. The zero-order chi connectivity index (χ0) is 12.7. The van der Waals surface area contributed by atoms with E-state index in [1.54, 1.807) is 0 Å². The van der Waals surface area contributed by atoms with E-state index in [9.17, 15) is 0 Å². The molecule has 0 saturated carbocycles. The van der Waals surface area contributed by atoms with E-state index < -0.39 is 0 Å². The maximum atomic E-state index is 3.76. The third-order valence-corrected chi connectivity index (χ3v) is 4.26. The highest BCUT2D eigenvalue weighted by Crippen LogP contribution is 2.21. The number of hydrogen-bond acceptors (Lipinski definition) is 3. The SMILES string of the molecule is C=CCSCCN1CCCNC(C(C)(C)C)C1. The van der Waals surface area contributed by atoms with E-state index >= 15 is 0 Å². The van der Waals surface area contributed by atoms with Gasteiger partial charge in [0.2, 0.25) is 0 Å². The Morgan fingerprint density at radius 2 is 2.24 bits per heavy atom. The van der Waals surface area contributed by atoms with Gasteiger partial charge in [-0.3, -0.25) is 0 Å². The minimum atomic E-state index is 0.358. The zero-order valence-electron chi connectivity index (χ0n) is 11.7. The second-order valence-corrected chi connectivity index (χ2v) is 7.04. The monoisotopic (exact) mass is 256 g/mol. The van der Waals surface area contributed by atoms with Gasteiger partial charge < -0.3 is 10.2 Å². The first-order valence-corrected chi connectivity index (χ1v) is 7.84. The van der Waals surface area contributed by atoms with E-state index in [0.717, 1.165) is 12.3 Å². The Bertz CT molecular complexity index is 223. The van der Waals surface area contributed by atoms with Gasteiger partial charge in [-0.2, -0.15) is 11.8 Å². The van der Waals surface area contributed by atoms with Crippen LogP contribution in [0.1, 0.15) is 27.2 Å². The molecule has 0 aromatic rings. The van der Waals surface area contributed by atoms with Crippen molar-refractivity contribution in [1.29, 1.82) is 0 Å². The molecule has 0 aromatic heterocycles. The van der Waals surface area contributed by atoms with Crippen LogP contribution in [0.15, 0.2) is 12.7 Å². The smallest absolute Gasteiger partial charge is 0.0243 e. The van der Waals surface area contributed by atoms with Crippen molar-refractivity contribution in [3.8, 4) is 0 Å². The molecule has 1 aliphatic heterocycles. The van der Waals surface area contributed by atoms with E-state index in [4.69, 9.17) is 0 Å². The minimum absolute atomic E-state index is 0.358. The molecule has 1 fully saturated rings. The van der Waals surface area contributed by atoms with Crippen LogP contribution in [0.4, 0.5) is 0 Å². The van der Waals surface area contributed by atoms with Crippen molar-refractivity contribution < 1.29 is 0 Å². The van der Waals surface area contributed by atoms with Crippen molar-refractivity contribution >= 4 is 11.8 Å². The molecule has 100 valence electrons. The Balaban J connectivity index is 2.35. The van der Waals surface area contributed by atoms with Crippen molar-refractivity contribution in [2.24, 2.45) is 5.41 Å². The Morgan fingerprint density at radius 1 is 1.47 bits per heavy atom. The Kier molecular flexibility index (Phi) is 6.60. The first kappa shape index (κ1) is 15.1. The Hall–Kier alpha value is 0.01000. The average Bonchev–Trinajstić information content (AvgIpc) is 2.49. The number of thioether (sulfide) groups is 1. The molecule has 0 amide bonds. The summed E-state index contributed by atoms with van der Waals surface area (Å²) in [4.78, 5) is 2.62. The molecule has 1 saturated heterocycles. The number of nitrogens with zero attached hydrogens (tertiary/aromatic N) is 1. The van der Waals surface area contributed by atoms with Gasteiger partial charge in [-0.15, -0.1) is 6.58 Å². The predicted molar refractivity (Wildman–Crippen MR) is 79.8 cm³/mol. The molecule has 3 heteroatoms. The lowest BCUT2D eigenvalue weighted by atomic mass is 9.86. The maximum absolute atomic E-state index is 3.76. The summed E-state index contributed by atoms with van der Waals surface area (Å²) in [6.07, 6.45) is 3.27. The second-order valence-electron chi connectivity index (χ2n) is 5.89. The molecule has 1 N–H and O–H groups in total. The highest BCUT2D eigenvalue weighted by Gasteiger charge is 2.27. The van der Waals surface area contributed by atoms with Gasteiger partial charge in [0.1, 0.15) is 0 Å². The van der Waals surface area contributed by atoms with Gasteiger partial charge >= 0.3 is 0 Å². The van der Waals surface area contributed by atoms with Gasteiger partial charge in [-0.25, -0.2) is 0 Å². The quantitative estimate of drug-likeness (QED) is 0.601. The van der Waals surface area contributed by atoms with Crippen LogP contribution in [0.3, 0.4) is 0 Å². The van der Waals surface area contributed by atoms with E-state index in [-0.39, 0.29) is 0 Å². The zero-order valence-corrected chi connectivity index (χ0v) is 12.5. The minimum Gasteiger partial charge on any atom is -0.312 e. The van der Waals surface area contributed by atoms with Gasteiger partial charge in [-0.1, -0.05) is 26.8 Å². The third kappa shape index (κ3) is 5.94. The third-order valence-electron chi connectivity index (χ3n) is 3.32. The summed E-state index contributed by atoms with van der Waals surface area (Å²) >= 11 is 1.98. The molecular formula is C14H28N2S. The molecular weight excluding hydrogens is 228 g/mol. The average molecular weight is 256 g/mol. The predicted octanol–water partition coefficient (Wildman–Crippen LogP) is 2.62. The Labute approximate surface area is 111 Å². The summed E-state index contributed by atoms with van der Waals surface area (Å²) in [7, 11) is 0. The fourth-order valence-corrected chi connectivity index (χ4v) is 2.86. The standard InChI is InChI=1S/C14H28N2S/c1-5-10-17-11-9-16-8-6-7-15-13(12-16)14(2,3)4/h5,13,15H,1,6-12H2,2-4H3. The van der Waals surface area contributed by atoms with E-state index in [1.165, 1.54) is 31.8 Å². The lowest BCUT2D eigenvalue weighted by Gasteiger charge is -2.33. The second kappa shape index (κ2) is 7.45. The van der Waals surface area contributed by atoms with E-state index in [1.807, 2.05) is 17.8 Å². The highest BCUT2D eigenvalue weighted by molar-refractivity contribution is 7.99. The van der Waals surface area contributed by atoms with Gasteiger partial charge in [0.05, 0.1) is 0 Å². The molecule has 0 aromatic carbocycles. The van der Waals surface area contributed by atoms with Crippen LogP contribution < -0.4 is 5.32 Å². The summed E-state index contributed by atoms with van der Waals surface area (Å²) in [5, 5.41) is 3.69. The summed E-state index contributed by atoms with van der Waals surface area (Å²) in [6, 6.07) is 0.620.